The molecule has 0 aromatic heterocycles. The number of hydrogen-bond donors (Lipinski definition) is 1. The van der Waals surface area contributed by atoms with Gasteiger partial charge in [0, 0.05) is 23.9 Å². The third-order valence-electron chi connectivity index (χ3n) is 4.07. The summed E-state index contributed by atoms with van der Waals surface area (Å²) in [5.74, 6) is 1.22. The Hall–Kier alpha value is -3.62. The Morgan fingerprint density at radius 2 is 1.33 bits per heavy atom. The van der Waals surface area contributed by atoms with Crippen molar-refractivity contribution in [3.63, 3.8) is 0 Å². The van der Waals surface area contributed by atoms with Crippen LogP contribution in [0, 0.1) is 0 Å². The molecule has 2 aromatic carbocycles. The molecule has 1 N–H and O–H groups in total. The predicted molar refractivity (Wildman–Crippen MR) is 109 cm³/mol. The van der Waals surface area contributed by atoms with Gasteiger partial charge in [0.1, 0.15) is 11.5 Å². The van der Waals surface area contributed by atoms with Gasteiger partial charge in [0.2, 0.25) is 5.75 Å². The molecule has 0 aliphatic heterocycles. The normalized spacial score (nSPS) is 10.0. The Balaban J connectivity index is 1.97. The molecule has 0 spiro atoms. The van der Waals surface area contributed by atoms with E-state index in [1.165, 1.54) is 35.5 Å². The van der Waals surface area contributed by atoms with Gasteiger partial charge in [-0.1, -0.05) is 0 Å². The summed E-state index contributed by atoms with van der Waals surface area (Å²) < 4.78 is 31.1. The molecule has 0 fully saturated rings. The first kappa shape index (κ1) is 22.7. The number of esters is 1. The van der Waals surface area contributed by atoms with Crippen LogP contribution in [-0.4, -0.2) is 54.0 Å². The van der Waals surface area contributed by atoms with E-state index in [2.05, 4.69) is 5.32 Å². The quantitative estimate of drug-likeness (QED) is 0.586. The van der Waals surface area contributed by atoms with Crippen LogP contribution in [0.4, 0.5) is 5.69 Å². The fourth-order valence-electron chi connectivity index (χ4n) is 2.68. The highest BCUT2D eigenvalue weighted by molar-refractivity contribution is 5.93. The number of carbonyl (C=O) groups is 2. The second kappa shape index (κ2) is 10.8. The second-order valence-corrected chi connectivity index (χ2v) is 6.02. The molecule has 0 aliphatic carbocycles. The molecule has 1 amide bonds. The number of anilines is 1. The second-order valence-electron chi connectivity index (χ2n) is 6.02. The minimum absolute atomic E-state index is 0.0724. The van der Waals surface area contributed by atoms with Crippen molar-refractivity contribution in [2.24, 2.45) is 0 Å². The van der Waals surface area contributed by atoms with E-state index in [0.717, 1.165) is 0 Å². The van der Waals surface area contributed by atoms with Crippen molar-refractivity contribution in [2.75, 3.05) is 47.5 Å². The van der Waals surface area contributed by atoms with Crippen LogP contribution in [-0.2, 0) is 20.7 Å². The van der Waals surface area contributed by atoms with Gasteiger partial charge in [-0.25, -0.2) is 0 Å². The first-order valence-electron chi connectivity index (χ1n) is 8.91. The van der Waals surface area contributed by atoms with Crippen molar-refractivity contribution < 1.29 is 38.0 Å². The molecule has 0 saturated heterocycles. The summed E-state index contributed by atoms with van der Waals surface area (Å²) in [4.78, 5) is 24.3. The SMILES string of the molecule is COc1cc(NC(=O)COC(=O)Cc2cc(OC)c(OC)c(OC)c2)cc(OC)c1. The Morgan fingerprint density at radius 3 is 1.80 bits per heavy atom. The lowest BCUT2D eigenvalue weighted by atomic mass is 10.1. The van der Waals surface area contributed by atoms with Gasteiger partial charge in [0.25, 0.3) is 5.91 Å². The van der Waals surface area contributed by atoms with Gasteiger partial charge in [0.15, 0.2) is 18.1 Å². The van der Waals surface area contributed by atoms with E-state index in [1.54, 1.807) is 30.3 Å². The topological polar surface area (TPSA) is 102 Å². The van der Waals surface area contributed by atoms with E-state index in [0.29, 0.717) is 40.0 Å². The molecule has 2 aromatic rings. The van der Waals surface area contributed by atoms with Gasteiger partial charge in [0.05, 0.1) is 42.0 Å². The van der Waals surface area contributed by atoms with Crippen LogP contribution in [0.15, 0.2) is 30.3 Å². The van der Waals surface area contributed by atoms with Crippen LogP contribution in [0.25, 0.3) is 0 Å². The Morgan fingerprint density at radius 1 is 0.767 bits per heavy atom. The van der Waals surface area contributed by atoms with E-state index >= 15 is 0 Å². The van der Waals surface area contributed by atoms with E-state index in [1.807, 2.05) is 0 Å². The van der Waals surface area contributed by atoms with Crippen LogP contribution >= 0.6 is 0 Å². The summed E-state index contributed by atoms with van der Waals surface area (Å²) in [6.07, 6.45) is -0.0724. The first-order chi connectivity index (χ1) is 14.4. The third-order valence-corrected chi connectivity index (χ3v) is 4.07. The highest BCUT2D eigenvalue weighted by Crippen LogP contribution is 2.38. The zero-order valence-corrected chi connectivity index (χ0v) is 17.6. The number of ether oxygens (including phenoxy) is 6. The van der Waals surface area contributed by atoms with Gasteiger partial charge < -0.3 is 33.7 Å². The zero-order chi connectivity index (χ0) is 22.1. The number of benzene rings is 2. The maximum Gasteiger partial charge on any atom is 0.310 e. The molecule has 0 atom stereocenters. The molecule has 0 aliphatic rings. The van der Waals surface area contributed by atoms with Crippen LogP contribution in [0.2, 0.25) is 0 Å². The summed E-state index contributed by atoms with van der Waals surface area (Å²) >= 11 is 0. The maximum atomic E-state index is 12.2. The molecule has 9 nitrogen and oxygen atoms in total. The Labute approximate surface area is 174 Å². The van der Waals surface area contributed by atoms with Crippen LogP contribution in [0.3, 0.4) is 0 Å². The summed E-state index contributed by atoms with van der Waals surface area (Å²) in [7, 11) is 7.47. The fraction of sp³-hybridized carbons (Fsp3) is 0.333. The third kappa shape index (κ3) is 5.94. The lowest BCUT2D eigenvalue weighted by molar-refractivity contribution is -0.146. The number of rotatable bonds is 10. The smallest absolute Gasteiger partial charge is 0.310 e. The average Bonchev–Trinajstić information content (AvgIpc) is 2.76. The number of methoxy groups -OCH3 is 5. The average molecular weight is 419 g/mol. The molecular weight excluding hydrogens is 394 g/mol. The van der Waals surface area contributed by atoms with Crippen LogP contribution in [0.1, 0.15) is 5.56 Å². The minimum atomic E-state index is -0.581. The van der Waals surface area contributed by atoms with Crippen molar-refractivity contribution in [1.29, 1.82) is 0 Å². The molecule has 0 bridgehead atoms. The lowest BCUT2D eigenvalue weighted by Gasteiger charge is -2.14. The molecule has 30 heavy (non-hydrogen) atoms. The van der Waals surface area contributed by atoms with Crippen LogP contribution in [0.5, 0.6) is 28.7 Å². The van der Waals surface area contributed by atoms with E-state index in [4.69, 9.17) is 28.4 Å². The Bertz CT molecular complexity index is 849. The van der Waals surface area contributed by atoms with E-state index < -0.39 is 18.5 Å². The molecule has 162 valence electrons. The van der Waals surface area contributed by atoms with Crippen molar-refractivity contribution in [3.05, 3.63) is 35.9 Å². The van der Waals surface area contributed by atoms with Crippen molar-refractivity contribution >= 4 is 17.6 Å². The van der Waals surface area contributed by atoms with Gasteiger partial charge in [-0.15, -0.1) is 0 Å². The number of hydrogen-bond acceptors (Lipinski definition) is 8. The molecule has 0 heterocycles. The molecule has 9 heteroatoms. The fourth-order valence-corrected chi connectivity index (χ4v) is 2.68. The largest absolute Gasteiger partial charge is 0.497 e. The number of amides is 1. The maximum absolute atomic E-state index is 12.2. The summed E-state index contributed by atoms with van der Waals surface area (Å²) in [6.45, 7) is -0.442. The predicted octanol–water partition coefficient (Wildman–Crippen LogP) is 2.45. The molecule has 2 rings (SSSR count). The minimum Gasteiger partial charge on any atom is -0.497 e. The van der Waals surface area contributed by atoms with Gasteiger partial charge in [-0.3, -0.25) is 9.59 Å². The first-order valence-corrected chi connectivity index (χ1v) is 8.91. The highest BCUT2D eigenvalue weighted by Gasteiger charge is 2.16. The summed E-state index contributed by atoms with van der Waals surface area (Å²) in [5, 5.41) is 2.63. The highest BCUT2D eigenvalue weighted by atomic mass is 16.5. The van der Waals surface area contributed by atoms with E-state index in [-0.39, 0.29) is 6.42 Å². The number of carbonyl (C=O) groups excluding carboxylic acids is 2. The molecule has 0 radical (unpaired) electrons. The molecule has 0 saturated carbocycles. The standard InChI is InChI=1S/C21H25NO8/c1-25-15-9-14(10-16(11-15)26-2)22-19(23)12-30-20(24)8-13-6-17(27-3)21(29-5)18(7-13)28-4/h6-7,9-11H,8,12H2,1-5H3,(H,22,23). The summed E-state index contributed by atoms with van der Waals surface area (Å²) in [5.41, 5.74) is 1.05. The van der Waals surface area contributed by atoms with Crippen molar-refractivity contribution in [2.45, 2.75) is 6.42 Å². The van der Waals surface area contributed by atoms with E-state index in [9.17, 15) is 9.59 Å². The number of nitrogens with one attached hydrogen (secondary N) is 1. The monoisotopic (exact) mass is 419 g/mol. The summed E-state index contributed by atoms with van der Waals surface area (Å²) in [6, 6.07) is 8.21. The Kier molecular flexibility index (Phi) is 8.16. The zero-order valence-electron chi connectivity index (χ0n) is 17.6. The van der Waals surface area contributed by atoms with Crippen molar-refractivity contribution in [3.8, 4) is 28.7 Å². The lowest BCUT2D eigenvalue weighted by Crippen LogP contribution is -2.21. The molecular formula is C21H25NO8. The van der Waals surface area contributed by atoms with Crippen molar-refractivity contribution in [1.82, 2.24) is 0 Å². The molecule has 0 unspecified atom stereocenters. The van der Waals surface area contributed by atoms with Gasteiger partial charge in [-0.05, 0) is 17.7 Å². The van der Waals surface area contributed by atoms with Gasteiger partial charge in [-0.2, -0.15) is 0 Å². The van der Waals surface area contributed by atoms with Crippen LogP contribution < -0.4 is 29.0 Å². The van der Waals surface area contributed by atoms with Gasteiger partial charge >= 0.3 is 5.97 Å².